The van der Waals surface area contributed by atoms with Crippen LogP contribution in [-0.4, -0.2) is 35.3 Å². The number of H-pyrrole nitrogens is 2. The van der Waals surface area contributed by atoms with Crippen LogP contribution in [0.2, 0.25) is 0 Å². The number of aryl methyl sites for hydroxylation is 1. The number of nitriles is 1. The molecule has 0 aliphatic carbocycles. The lowest BCUT2D eigenvalue weighted by Crippen LogP contribution is -2.35. The Hall–Kier alpha value is -1.46. The first-order valence-corrected chi connectivity index (χ1v) is 6.95. The number of nitrogens with zero attached hydrogens (tertiary/aromatic N) is 2. The van der Waals surface area contributed by atoms with E-state index >= 15 is 0 Å². The first kappa shape index (κ1) is 14.6. The minimum Gasteiger partial charge on any atom is -0.355 e. The highest BCUT2D eigenvalue weighted by Crippen LogP contribution is 2.12. The van der Waals surface area contributed by atoms with Gasteiger partial charge in [-0.3, -0.25) is 10.3 Å². The Bertz CT molecular complexity index is 495. The van der Waals surface area contributed by atoms with Crippen molar-refractivity contribution in [3.05, 3.63) is 16.2 Å². The predicted octanol–water partition coefficient (Wildman–Crippen LogP) is 1.26. The lowest BCUT2D eigenvalue weighted by atomic mass is 10.4. The molecule has 0 amide bonds. The predicted molar refractivity (Wildman–Crippen MR) is 77.0 cm³/mol. The molecule has 1 rings (SSSR count). The van der Waals surface area contributed by atoms with Crippen LogP contribution in [0.5, 0.6) is 0 Å². The molecule has 0 atom stereocenters. The molecule has 8 heteroatoms. The molecule has 0 fully saturated rings. The maximum atomic E-state index is 8.45. The number of aromatic amines is 2. The van der Waals surface area contributed by atoms with Gasteiger partial charge in [-0.25, -0.2) is 0 Å². The maximum Gasteiger partial charge on any atom is 0.204 e. The molecule has 0 spiro atoms. The number of hydrogen-bond acceptors (Lipinski definition) is 4. The molecular formula is C10H16N6S2. The van der Waals surface area contributed by atoms with Gasteiger partial charge in [-0.1, -0.05) is 0 Å². The Morgan fingerprint density at radius 1 is 1.56 bits per heavy atom. The van der Waals surface area contributed by atoms with Gasteiger partial charge in [0.25, 0.3) is 0 Å². The van der Waals surface area contributed by atoms with Crippen LogP contribution in [0.15, 0.2) is 4.99 Å². The quantitative estimate of drug-likeness (QED) is 0.163. The third kappa shape index (κ3) is 4.81. The Kier molecular flexibility index (Phi) is 6.32. The minimum atomic E-state index is 0.496. The molecule has 0 aliphatic heterocycles. The summed E-state index contributed by atoms with van der Waals surface area (Å²) in [6, 6.07) is 0. The summed E-state index contributed by atoms with van der Waals surface area (Å²) in [6.07, 6.45) is 1.82. The van der Waals surface area contributed by atoms with E-state index in [0.29, 0.717) is 10.7 Å². The largest absolute Gasteiger partial charge is 0.355 e. The van der Waals surface area contributed by atoms with Crippen LogP contribution >= 0.6 is 24.0 Å². The number of hydrogen-bond donors (Lipinski definition) is 4. The molecule has 0 saturated heterocycles. The summed E-state index contributed by atoms with van der Waals surface area (Å²) in [7, 11) is 1.63. The fourth-order valence-electron chi connectivity index (χ4n) is 1.30. The van der Waals surface area contributed by atoms with Crippen molar-refractivity contribution >= 4 is 29.9 Å². The van der Waals surface area contributed by atoms with Crippen molar-refractivity contribution in [1.82, 2.24) is 20.6 Å². The number of aromatic nitrogens is 2. The lowest BCUT2D eigenvalue weighted by Gasteiger charge is -2.06. The molecule has 0 radical (unpaired) electrons. The van der Waals surface area contributed by atoms with Gasteiger partial charge in [0.1, 0.15) is 0 Å². The molecular weight excluding hydrogens is 268 g/mol. The number of aliphatic imine (C=N–C) groups is 1. The zero-order chi connectivity index (χ0) is 13.4. The van der Waals surface area contributed by atoms with Gasteiger partial charge in [0.2, 0.25) is 5.96 Å². The molecule has 1 aromatic heterocycles. The zero-order valence-corrected chi connectivity index (χ0v) is 12.0. The van der Waals surface area contributed by atoms with Crippen LogP contribution in [0.25, 0.3) is 0 Å². The van der Waals surface area contributed by atoms with E-state index in [4.69, 9.17) is 17.5 Å². The fraction of sp³-hybridized carbons (Fsp3) is 0.500. The number of imidazole rings is 1. The van der Waals surface area contributed by atoms with E-state index in [0.717, 1.165) is 29.4 Å². The SMILES string of the molecule is CN=C(NC#N)NCCSCc1[nH]c(=S)[nH]c1C. The van der Waals surface area contributed by atoms with Crippen molar-refractivity contribution in [3.63, 3.8) is 0 Å². The van der Waals surface area contributed by atoms with Gasteiger partial charge in [0, 0.05) is 36.5 Å². The molecule has 0 unspecified atom stereocenters. The highest BCUT2D eigenvalue weighted by molar-refractivity contribution is 7.98. The van der Waals surface area contributed by atoms with Gasteiger partial charge in [-0.05, 0) is 19.1 Å². The Labute approximate surface area is 115 Å². The molecule has 0 bridgehead atoms. The normalized spacial score (nSPS) is 11.1. The molecule has 0 aromatic carbocycles. The lowest BCUT2D eigenvalue weighted by molar-refractivity contribution is 0.930. The molecule has 18 heavy (non-hydrogen) atoms. The van der Waals surface area contributed by atoms with Gasteiger partial charge in [0.05, 0.1) is 0 Å². The van der Waals surface area contributed by atoms with Crippen LogP contribution in [-0.2, 0) is 5.75 Å². The fourth-order valence-corrected chi connectivity index (χ4v) is 2.46. The highest BCUT2D eigenvalue weighted by Gasteiger charge is 2.01. The Morgan fingerprint density at radius 3 is 2.89 bits per heavy atom. The smallest absolute Gasteiger partial charge is 0.204 e. The molecule has 0 saturated carbocycles. The number of nitrogens with one attached hydrogen (secondary N) is 4. The van der Waals surface area contributed by atoms with Gasteiger partial charge in [-0.2, -0.15) is 17.0 Å². The van der Waals surface area contributed by atoms with E-state index in [1.807, 2.05) is 13.1 Å². The van der Waals surface area contributed by atoms with Crippen molar-refractivity contribution in [2.45, 2.75) is 12.7 Å². The van der Waals surface area contributed by atoms with E-state index in [9.17, 15) is 0 Å². The van der Waals surface area contributed by atoms with Gasteiger partial charge in [0.15, 0.2) is 11.0 Å². The van der Waals surface area contributed by atoms with Crippen LogP contribution < -0.4 is 10.6 Å². The van der Waals surface area contributed by atoms with Crippen molar-refractivity contribution < 1.29 is 0 Å². The summed E-state index contributed by atoms with van der Waals surface area (Å²) in [5, 5.41) is 13.9. The summed E-state index contributed by atoms with van der Waals surface area (Å²) in [5.41, 5.74) is 2.21. The molecule has 1 heterocycles. The standard InChI is InChI=1S/C10H16N6S2/c1-7-8(16-10(17)15-7)5-18-4-3-13-9(12-2)14-6-11/h3-5H2,1-2H3,(H2,12,13,14)(H2,15,16,17). The molecule has 4 N–H and O–H groups in total. The van der Waals surface area contributed by atoms with E-state index in [1.54, 1.807) is 18.8 Å². The minimum absolute atomic E-state index is 0.496. The van der Waals surface area contributed by atoms with Gasteiger partial charge >= 0.3 is 0 Å². The number of guanidine groups is 1. The van der Waals surface area contributed by atoms with E-state index < -0.39 is 0 Å². The van der Waals surface area contributed by atoms with E-state index in [-0.39, 0.29) is 0 Å². The summed E-state index contributed by atoms with van der Waals surface area (Å²) in [4.78, 5) is 10.1. The number of rotatable bonds is 5. The van der Waals surface area contributed by atoms with Gasteiger partial charge in [-0.15, -0.1) is 0 Å². The Balaban J connectivity index is 2.22. The first-order chi connectivity index (χ1) is 8.67. The van der Waals surface area contributed by atoms with E-state index in [1.165, 1.54) is 0 Å². The summed E-state index contributed by atoms with van der Waals surface area (Å²) < 4.78 is 0.667. The Morgan fingerprint density at radius 2 is 2.33 bits per heavy atom. The summed E-state index contributed by atoms with van der Waals surface area (Å²) >= 11 is 6.79. The maximum absolute atomic E-state index is 8.45. The summed E-state index contributed by atoms with van der Waals surface area (Å²) in [5.74, 6) is 2.29. The van der Waals surface area contributed by atoms with Crippen LogP contribution in [0.4, 0.5) is 0 Å². The van der Waals surface area contributed by atoms with Crippen molar-refractivity contribution in [3.8, 4) is 6.19 Å². The average Bonchev–Trinajstić information content (AvgIpc) is 2.66. The zero-order valence-electron chi connectivity index (χ0n) is 10.3. The second-order valence-electron chi connectivity index (χ2n) is 3.47. The summed E-state index contributed by atoms with van der Waals surface area (Å²) in [6.45, 7) is 2.75. The van der Waals surface area contributed by atoms with Gasteiger partial charge < -0.3 is 15.3 Å². The molecule has 6 nitrogen and oxygen atoms in total. The average molecular weight is 284 g/mol. The van der Waals surface area contributed by atoms with Crippen LogP contribution in [0.3, 0.4) is 0 Å². The molecule has 1 aromatic rings. The second-order valence-corrected chi connectivity index (χ2v) is 4.98. The molecule has 0 aliphatic rings. The first-order valence-electron chi connectivity index (χ1n) is 5.38. The van der Waals surface area contributed by atoms with Crippen LogP contribution in [0.1, 0.15) is 11.4 Å². The number of thioether (sulfide) groups is 1. The third-order valence-corrected chi connectivity index (χ3v) is 3.39. The highest BCUT2D eigenvalue weighted by atomic mass is 32.2. The molecule has 98 valence electrons. The van der Waals surface area contributed by atoms with Crippen molar-refractivity contribution in [1.29, 1.82) is 5.26 Å². The van der Waals surface area contributed by atoms with E-state index in [2.05, 4.69) is 25.6 Å². The third-order valence-electron chi connectivity index (χ3n) is 2.20. The van der Waals surface area contributed by atoms with Crippen LogP contribution in [0, 0.1) is 23.1 Å². The monoisotopic (exact) mass is 284 g/mol. The van der Waals surface area contributed by atoms with Crippen molar-refractivity contribution in [2.24, 2.45) is 4.99 Å². The van der Waals surface area contributed by atoms with Crippen molar-refractivity contribution in [2.75, 3.05) is 19.3 Å². The second kappa shape index (κ2) is 7.79. The topological polar surface area (TPSA) is 91.8 Å².